The van der Waals surface area contributed by atoms with E-state index < -0.39 is 6.67 Å². The van der Waals surface area contributed by atoms with E-state index in [1.165, 1.54) is 0 Å². The van der Waals surface area contributed by atoms with Crippen molar-refractivity contribution in [2.75, 3.05) is 13.3 Å². The van der Waals surface area contributed by atoms with Gasteiger partial charge in [-0.05, 0) is 6.42 Å². The van der Waals surface area contributed by atoms with Gasteiger partial charge in [-0.25, -0.2) is 0 Å². The number of hydrogen-bond donors (Lipinski definition) is 1. The van der Waals surface area contributed by atoms with Gasteiger partial charge in [0.1, 0.15) is 0 Å². The van der Waals surface area contributed by atoms with Crippen LogP contribution in [0.5, 0.6) is 0 Å². The van der Waals surface area contributed by atoms with Crippen LogP contribution in [0.1, 0.15) is 6.42 Å². The van der Waals surface area contributed by atoms with Crippen molar-refractivity contribution in [2.45, 2.75) is 6.42 Å². The molecule has 0 rings (SSSR count). The molecule has 6 heavy (non-hydrogen) atoms. The summed E-state index contributed by atoms with van der Waals surface area (Å²) in [6, 6.07) is 0. The first-order chi connectivity index (χ1) is 2.41. The van der Waals surface area contributed by atoms with Crippen LogP contribution < -0.4 is 0 Å². The monoisotopic (exact) mass is 118 g/mol. The number of aliphatic hydroxyl groups is 1. The van der Waals surface area contributed by atoms with Crippen molar-refractivity contribution in [1.29, 1.82) is 0 Å². The van der Waals surface area contributed by atoms with Crippen molar-refractivity contribution in [3.63, 3.8) is 0 Å². The summed E-state index contributed by atoms with van der Waals surface area (Å²) in [5.74, 6) is 0. The van der Waals surface area contributed by atoms with E-state index in [0.717, 1.165) is 0 Å². The standard InChI is InChI=1S/C3H7FO.K.H/c4-2-1-3-5;;/h5H,1-3H2;;. The van der Waals surface area contributed by atoms with Gasteiger partial charge in [0.2, 0.25) is 0 Å². The third kappa shape index (κ3) is 9.11. The Bertz CT molecular complexity index is 18.3. The Morgan fingerprint density at radius 2 is 2.00 bits per heavy atom. The average Bonchev–Trinajstić information content (AvgIpc) is 1.41. The number of hydrogen-bond acceptors (Lipinski definition) is 1. The first-order valence-corrected chi connectivity index (χ1v) is 1.58. The molecule has 0 aromatic heterocycles. The summed E-state index contributed by atoms with van der Waals surface area (Å²) in [5.41, 5.74) is 0. The van der Waals surface area contributed by atoms with Crippen molar-refractivity contribution in [3.05, 3.63) is 0 Å². The average molecular weight is 118 g/mol. The summed E-state index contributed by atoms with van der Waals surface area (Å²) in [6.45, 7) is -0.438. The van der Waals surface area contributed by atoms with Crippen LogP contribution in [0.4, 0.5) is 4.39 Å². The fraction of sp³-hybridized carbons (Fsp3) is 1.00. The molecule has 0 unspecified atom stereocenters. The predicted molar refractivity (Wildman–Crippen MR) is 24.8 cm³/mol. The molecule has 3 heteroatoms. The van der Waals surface area contributed by atoms with Crippen molar-refractivity contribution in [1.82, 2.24) is 0 Å². The molecule has 0 spiro atoms. The molecule has 0 atom stereocenters. The second-order valence-corrected chi connectivity index (χ2v) is 0.766. The Hall–Kier alpha value is 1.53. The number of halogens is 1. The van der Waals surface area contributed by atoms with Gasteiger partial charge in [0.25, 0.3) is 0 Å². The summed E-state index contributed by atoms with van der Waals surface area (Å²) >= 11 is 0. The molecule has 0 amide bonds. The zero-order valence-electron chi connectivity index (χ0n) is 2.95. The fourth-order valence-electron chi connectivity index (χ4n) is 0.0598. The summed E-state index contributed by atoms with van der Waals surface area (Å²) < 4.78 is 10.8. The zero-order chi connectivity index (χ0) is 4.12. The summed E-state index contributed by atoms with van der Waals surface area (Å²) in [7, 11) is 0. The van der Waals surface area contributed by atoms with Crippen LogP contribution in [-0.2, 0) is 0 Å². The Kier molecular flexibility index (Phi) is 17.0. The molecule has 0 aromatic carbocycles. The minimum atomic E-state index is -0.406. The number of aliphatic hydroxyl groups excluding tert-OH is 1. The van der Waals surface area contributed by atoms with Gasteiger partial charge in [0.05, 0.1) is 6.67 Å². The maximum atomic E-state index is 10.8. The Balaban J connectivity index is 0. The van der Waals surface area contributed by atoms with Crippen molar-refractivity contribution in [2.24, 2.45) is 0 Å². The van der Waals surface area contributed by atoms with Gasteiger partial charge in [-0.3, -0.25) is 4.39 Å². The molecule has 0 aromatic rings. The normalized spacial score (nSPS) is 7.00. The Labute approximate surface area is 79.4 Å². The van der Waals surface area contributed by atoms with E-state index in [0.29, 0.717) is 0 Å². The summed E-state index contributed by atoms with van der Waals surface area (Å²) in [5, 5.41) is 7.83. The van der Waals surface area contributed by atoms with E-state index >= 15 is 0 Å². The molecule has 0 radical (unpaired) electrons. The van der Waals surface area contributed by atoms with Crippen LogP contribution in [0.2, 0.25) is 0 Å². The van der Waals surface area contributed by atoms with E-state index in [1.807, 2.05) is 0 Å². The van der Waals surface area contributed by atoms with Gasteiger partial charge >= 0.3 is 51.4 Å². The van der Waals surface area contributed by atoms with Crippen molar-refractivity contribution < 1.29 is 9.50 Å². The molecule has 0 aliphatic rings. The molecule has 0 aliphatic heterocycles. The Morgan fingerprint density at radius 3 is 2.00 bits per heavy atom. The predicted octanol–water partition coefficient (Wildman–Crippen LogP) is -0.310. The zero-order valence-corrected chi connectivity index (χ0v) is 2.95. The van der Waals surface area contributed by atoms with Gasteiger partial charge in [-0.1, -0.05) is 0 Å². The van der Waals surface area contributed by atoms with Gasteiger partial charge in [-0.15, -0.1) is 0 Å². The topological polar surface area (TPSA) is 20.2 Å². The van der Waals surface area contributed by atoms with Gasteiger partial charge in [0, 0.05) is 6.61 Å². The molecule has 34 valence electrons. The molecular weight excluding hydrogens is 110 g/mol. The summed E-state index contributed by atoms with van der Waals surface area (Å²) in [4.78, 5) is 0. The van der Waals surface area contributed by atoms with Crippen LogP contribution in [0, 0.1) is 0 Å². The van der Waals surface area contributed by atoms with Crippen molar-refractivity contribution >= 4 is 51.4 Å². The van der Waals surface area contributed by atoms with Crippen LogP contribution in [0.25, 0.3) is 0 Å². The second kappa shape index (κ2) is 9.73. The molecule has 0 fully saturated rings. The maximum absolute atomic E-state index is 10.8. The molecule has 0 bridgehead atoms. The van der Waals surface area contributed by atoms with Crippen LogP contribution in [-0.4, -0.2) is 69.8 Å². The molecular formula is C3H8FKO. The first kappa shape index (κ1) is 10.5. The third-order valence-electron chi connectivity index (χ3n) is 0.292. The van der Waals surface area contributed by atoms with Crippen molar-refractivity contribution in [3.8, 4) is 0 Å². The van der Waals surface area contributed by atoms with Gasteiger partial charge in [-0.2, -0.15) is 0 Å². The van der Waals surface area contributed by atoms with E-state index in [2.05, 4.69) is 0 Å². The van der Waals surface area contributed by atoms with Gasteiger partial charge < -0.3 is 5.11 Å². The van der Waals surface area contributed by atoms with E-state index in [4.69, 9.17) is 5.11 Å². The molecule has 0 saturated heterocycles. The van der Waals surface area contributed by atoms with Crippen LogP contribution >= 0.6 is 0 Å². The molecule has 0 saturated carbocycles. The SMILES string of the molecule is OCCCF.[KH]. The van der Waals surface area contributed by atoms with E-state index in [9.17, 15) is 4.39 Å². The first-order valence-electron chi connectivity index (χ1n) is 1.58. The summed E-state index contributed by atoms with van der Waals surface area (Å²) in [6.07, 6.45) is 0.278. The Morgan fingerprint density at radius 1 is 1.50 bits per heavy atom. The number of rotatable bonds is 2. The van der Waals surface area contributed by atoms with E-state index in [1.54, 1.807) is 0 Å². The quantitative estimate of drug-likeness (QED) is 0.493. The van der Waals surface area contributed by atoms with Crippen LogP contribution in [0.3, 0.4) is 0 Å². The third-order valence-corrected chi connectivity index (χ3v) is 0.292. The van der Waals surface area contributed by atoms with Crippen LogP contribution in [0.15, 0.2) is 0 Å². The molecule has 1 nitrogen and oxygen atoms in total. The van der Waals surface area contributed by atoms with E-state index in [-0.39, 0.29) is 64.4 Å². The molecule has 1 N–H and O–H groups in total. The minimum absolute atomic E-state index is 0. The molecule has 0 heterocycles. The number of alkyl halides is 1. The molecule has 0 aliphatic carbocycles. The van der Waals surface area contributed by atoms with Gasteiger partial charge in [0.15, 0.2) is 0 Å². The second-order valence-electron chi connectivity index (χ2n) is 0.766. The fourth-order valence-corrected chi connectivity index (χ4v) is 0.0598.